The van der Waals surface area contributed by atoms with Crippen LogP contribution in [-0.4, -0.2) is 19.6 Å². The van der Waals surface area contributed by atoms with E-state index in [9.17, 15) is 4.39 Å². The highest BCUT2D eigenvalue weighted by atomic mass is 19.1. The van der Waals surface area contributed by atoms with Gasteiger partial charge in [-0.2, -0.15) is 0 Å². The molecule has 0 heterocycles. The van der Waals surface area contributed by atoms with Crippen molar-refractivity contribution in [1.29, 1.82) is 0 Å². The first-order valence-electron chi connectivity index (χ1n) is 5.89. The Balaban J connectivity index is 1.99. The summed E-state index contributed by atoms with van der Waals surface area (Å²) in [5.41, 5.74) is 6.96. The van der Waals surface area contributed by atoms with Crippen molar-refractivity contribution in [1.82, 2.24) is 0 Å². The van der Waals surface area contributed by atoms with Crippen LogP contribution in [0, 0.1) is 11.7 Å². The molecule has 2 atom stereocenters. The van der Waals surface area contributed by atoms with Crippen molar-refractivity contribution in [3.8, 4) is 0 Å². The van der Waals surface area contributed by atoms with Crippen molar-refractivity contribution in [3.63, 3.8) is 0 Å². The fourth-order valence-corrected chi connectivity index (χ4v) is 2.46. The summed E-state index contributed by atoms with van der Waals surface area (Å²) in [4.78, 5) is 2.10. The third-order valence-electron chi connectivity index (χ3n) is 3.48. The molecule has 1 fully saturated rings. The smallest absolute Gasteiger partial charge is 0.125 e. The molecule has 88 valence electrons. The Bertz CT molecular complexity index is 354. The van der Waals surface area contributed by atoms with Crippen molar-refractivity contribution >= 4 is 5.69 Å². The number of rotatable bonds is 3. The van der Waals surface area contributed by atoms with E-state index < -0.39 is 0 Å². The molecule has 0 bridgehead atoms. The molecule has 1 aliphatic rings. The molecule has 2 rings (SSSR count). The molecule has 16 heavy (non-hydrogen) atoms. The van der Waals surface area contributed by atoms with Gasteiger partial charge in [-0.3, -0.25) is 0 Å². The van der Waals surface area contributed by atoms with Gasteiger partial charge in [0.25, 0.3) is 0 Å². The van der Waals surface area contributed by atoms with Crippen LogP contribution in [0.15, 0.2) is 24.3 Å². The average Bonchev–Trinajstić information content (AvgIpc) is 2.64. The van der Waals surface area contributed by atoms with Crippen molar-refractivity contribution in [2.24, 2.45) is 11.7 Å². The number of benzene rings is 1. The van der Waals surface area contributed by atoms with E-state index in [4.69, 9.17) is 5.73 Å². The van der Waals surface area contributed by atoms with Crippen LogP contribution in [0.25, 0.3) is 0 Å². The fraction of sp³-hybridized carbons (Fsp3) is 0.538. The minimum atomic E-state index is -0.180. The summed E-state index contributed by atoms with van der Waals surface area (Å²) in [6.45, 7) is 0.921. The van der Waals surface area contributed by atoms with Crippen LogP contribution >= 0.6 is 0 Å². The quantitative estimate of drug-likeness (QED) is 0.851. The summed E-state index contributed by atoms with van der Waals surface area (Å²) >= 11 is 0. The van der Waals surface area contributed by atoms with E-state index in [1.807, 2.05) is 13.1 Å². The van der Waals surface area contributed by atoms with Gasteiger partial charge in [0.15, 0.2) is 0 Å². The predicted octanol–water partition coefficient (Wildman–Crippen LogP) is 2.39. The lowest BCUT2D eigenvalue weighted by Crippen LogP contribution is -2.34. The molecular formula is C13H19FN2. The zero-order valence-corrected chi connectivity index (χ0v) is 9.70. The molecule has 0 amide bonds. The van der Waals surface area contributed by atoms with E-state index in [0.717, 1.165) is 18.7 Å². The van der Waals surface area contributed by atoms with Crippen LogP contribution in [0.4, 0.5) is 10.1 Å². The van der Waals surface area contributed by atoms with Gasteiger partial charge in [-0.15, -0.1) is 0 Å². The zero-order chi connectivity index (χ0) is 11.5. The van der Waals surface area contributed by atoms with E-state index in [2.05, 4.69) is 4.90 Å². The molecule has 0 spiro atoms. The maximum absolute atomic E-state index is 13.1. The van der Waals surface area contributed by atoms with Crippen LogP contribution in [0.2, 0.25) is 0 Å². The van der Waals surface area contributed by atoms with E-state index in [1.54, 1.807) is 12.1 Å². The lowest BCUT2D eigenvalue weighted by molar-refractivity contribution is 0.482. The maximum Gasteiger partial charge on any atom is 0.125 e. The third-order valence-corrected chi connectivity index (χ3v) is 3.48. The average molecular weight is 222 g/mol. The van der Waals surface area contributed by atoms with Crippen LogP contribution in [-0.2, 0) is 0 Å². The molecule has 0 radical (unpaired) electrons. The lowest BCUT2D eigenvalue weighted by Gasteiger charge is -2.25. The van der Waals surface area contributed by atoms with Crippen molar-refractivity contribution < 1.29 is 4.39 Å². The van der Waals surface area contributed by atoms with Gasteiger partial charge in [0.1, 0.15) is 5.82 Å². The minimum absolute atomic E-state index is 0.180. The SMILES string of the molecule is CN(CC1CCCC1N)c1cccc(F)c1. The van der Waals surface area contributed by atoms with Gasteiger partial charge in [-0.25, -0.2) is 4.39 Å². The molecule has 1 aliphatic carbocycles. The Morgan fingerprint density at radius 2 is 2.25 bits per heavy atom. The van der Waals surface area contributed by atoms with Crippen molar-refractivity contribution in [2.75, 3.05) is 18.5 Å². The Kier molecular flexibility index (Phi) is 3.44. The second-order valence-corrected chi connectivity index (χ2v) is 4.72. The van der Waals surface area contributed by atoms with E-state index in [-0.39, 0.29) is 5.82 Å². The summed E-state index contributed by atoms with van der Waals surface area (Å²) < 4.78 is 13.1. The van der Waals surface area contributed by atoms with Crippen LogP contribution in [0.5, 0.6) is 0 Å². The highest BCUT2D eigenvalue weighted by Crippen LogP contribution is 2.26. The highest BCUT2D eigenvalue weighted by molar-refractivity contribution is 5.45. The fourth-order valence-electron chi connectivity index (χ4n) is 2.46. The molecule has 3 heteroatoms. The molecule has 0 aromatic heterocycles. The van der Waals surface area contributed by atoms with Crippen LogP contribution in [0.1, 0.15) is 19.3 Å². The second-order valence-electron chi connectivity index (χ2n) is 4.72. The first-order chi connectivity index (χ1) is 7.66. The molecule has 1 saturated carbocycles. The number of nitrogens with two attached hydrogens (primary N) is 1. The monoisotopic (exact) mass is 222 g/mol. The predicted molar refractivity (Wildman–Crippen MR) is 65.0 cm³/mol. The first-order valence-corrected chi connectivity index (χ1v) is 5.89. The highest BCUT2D eigenvalue weighted by Gasteiger charge is 2.24. The van der Waals surface area contributed by atoms with Gasteiger partial charge in [0.05, 0.1) is 0 Å². The van der Waals surface area contributed by atoms with Crippen LogP contribution < -0.4 is 10.6 Å². The van der Waals surface area contributed by atoms with Gasteiger partial charge < -0.3 is 10.6 Å². The zero-order valence-electron chi connectivity index (χ0n) is 9.70. The number of nitrogens with zero attached hydrogens (tertiary/aromatic N) is 1. The van der Waals surface area contributed by atoms with Crippen molar-refractivity contribution in [3.05, 3.63) is 30.1 Å². The summed E-state index contributed by atoms with van der Waals surface area (Å²) in [7, 11) is 2.00. The Labute approximate surface area is 96.2 Å². The molecule has 1 aromatic rings. The first kappa shape index (κ1) is 11.4. The standard InChI is InChI=1S/C13H19FN2/c1-16(9-10-4-2-7-13(10)15)12-6-3-5-11(14)8-12/h3,5-6,8,10,13H,2,4,7,9,15H2,1H3. The number of anilines is 1. The minimum Gasteiger partial charge on any atom is -0.374 e. The summed E-state index contributed by atoms with van der Waals surface area (Å²) in [6.07, 6.45) is 3.55. The van der Waals surface area contributed by atoms with Gasteiger partial charge in [0, 0.05) is 25.3 Å². The number of halogens is 1. The number of hydrogen-bond donors (Lipinski definition) is 1. The molecule has 0 aliphatic heterocycles. The van der Waals surface area contributed by atoms with Gasteiger partial charge in [-0.05, 0) is 37.0 Å². The summed E-state index contributed by atoms with van der Waals surface area (Å²) in [5, 5.41) is 0. The molecule has 2 nitrogen and oxygen atoms in total. The Morgan fingerprint density at radius 3 is 2.88 bits per heavy atom. The maximum atomic E-state index is 13.1. The molecule has 2 unspecified atom stereocenters. The van der Waals surface area contributed by atoms with Gasteiger partial charge >= 0.3 is 0 Å². The van der Waals surface area contributed by atoms with Crippen LogP contribution in [0.3, 0.4) is 0 Å². The third kappa shape index (κ3) is 2.53. The molecular weight excluding hydrogens is 203 g/mol. The summed E-state index contributed by atoms with van der Waals surface area (Å²) in [5.74, 6) is 0.369. The van der Waals surface area contributed by atoms with E-state index in [1.165, 1.54) is 18.9 Å². The van der Waals surface area contributed by atoms with Gasteiger partial charge in [0.2, 0.25) is 0 Å². The summed E-state index contributed by atoms with van der Waals surface area (Å²) in [6, 6.07) is 7.04. The normalized spacial score (nSPS) is 24.7. The van der Waals surface area contributed by atoms with Gasteiger partial charge in [-0.1, -0.05) is 12.5 Å². The topological polar surface area (TPSA) is 29.3 Å². The largest absolute Gasteiger partial charge is 0.374 e. The Hall–Kier alpha value is -1.09. The van der Waals surface area contributed by atoms with Crippen molar-refractivity contribution in [2.45, 2.75) is 25.3 Å². The van der Waals surface area contributed by atoms with E-state index >= 15 is 0 Å². The molecule has 2 N–H and O–H groups in total. The Morgan fingerprint density at radius 1 is 1.44 bits per heavy atom. The van der Waals surface area contributed by atoms with E-state index in [0.29, 0.717) is 12.0 Å². The number of hydrogen-bond acceptors (Lipinski definition) is 2. The molecule has 1 aromatic carbocycles. The molecule has 0 saturated heterocycles. The lowest BCUT2D eigenvalue weighted by atomic mass is 10.0. The second kappa shape index (κ2) is 4.83.